The Labute approximate surface area is 431 Å². The summed E-state index contributed by atoms with van der Waals surface area (Å²) in [5.41, 5.74) is 11.4. The molecule has 0 fully saturated rings. The molecule has 0 atom stereocenters. The monoisotopic (exact) mass is 946 g/mol. The third kappa shape index (κ3) is 5.90. The zero-order valence-electron chi connectivity index (χ0n) is 40.6. The molecule has 0 saturated carbocycles. The summed E-state index contributed by atoms with van der Waals surface area (Å²) in [5, 5.41) is 34.4. The van der Waals surface area contributed by atoms with Crippen molar-refractivity contribution in [3.8, 4) is 45.1 Å². The number of aromatic nitrogens is 1. The van der Waals surface area contributed by atoms with Gasteiger partial charge in [-0.25, -0.2) is 0 Å². The SMILES string of the molecule is N#Cc1ccc(-c2c3ccccc3c(-c3c4ccccc4c(-c4ccc5c(c4)c4ccccc4c4cc6c7c8ccccc8c8ccccc8c7n(-c7ccccc7)c6cc54)c4ccccc34)c3ccccc23)cc1. The van der Waals surface area contributed by atoms with Crippen molar-refractivity contribution >= 4 is 119 Å². The molecule has 0 aliphatic carbocycles. The van der Waals surface area contributed by atoms with Crippen LogP contribution in [-0.4, -0.2) is 4.57 Å². The van der Waals surface area contributed by atoms with E-state index in [1.165, 1.54) is 147 Å². The van der Waals surface area contributed by atoms with Gasteiger partial charge in [0.1, 0.15) is 0 Å². The number of rotatable bonds is 4. The van der Waals surface area contributed by atoms with Crippen molar-refractivity contribution in [3.63, 3.8) is 0 Å². The maximum absolute atomic E-state index is 9.69. The van der Waals surface area contributed by atoms with E-state index in [9.17, 15) is 5.26 Å². The lowest BCUT2D eigenvalue weighted by molar-refractivity contribution is 1.19. The maximum atomic E-state index is 9.69. The minimum atomic E-state index is 0.655. The van der Waals surface area contributed by atoms with Crippen LogP contribution in [0, 0.1) is 11.3 Å². The molecule has 0 aliphatic rings. The summed E-state index contributed by atoms with van der Waals surface area (Å²) in [6.07, 6.45) is 0. The first-order valence-corrected chi connectivity index (χ1v) is 25.8. The lowest BCUT2D eigenvalue weighted by Crippen LogP contribution is -1.95. The summed E-state index contributed by atoms with van der Waals surface area (Å²) in [7, 11) is 0. The van der Waals surface area contributed by atoms with Crippen LogP contribution in [0.4, 0.5) is 0 Å². The molecule has 1 aromatic heterocycles. The average Bonchev–Trinajstić information content (AvgIpc) is 3.83. The van der Waals surface area contributed by atoms with Gasteiger partial charge in [-0.15, -0.1) is 0 Å². The van der Waals surface area contributed by atoms with E-state index >= 15 is 0 Å². The fraction of sp³-hybridized carbons (Fsp3) is 0. The van der Waals surface area contributed by atoms with E-state index in [0.717, 1.165) is 11.3 Å². The lowest BCUT2D eigenvalue weighted by atomic mass is 9.80. The van der Waals surface area contributed by atoms with Crippen molar-refractivity contribution in [3.05, 3.63) is 260 Å². The Morgan fingerprint density at radius 2 is 0.613 bits per heavy atom. The number of nitriles is 1. The van der Waals surface area contributed by atoms with Crippen LogP contribution in [0.2, 0.25) is 0 Å². The fourth-order valence-electron chi connectivity index (χ4n) is 13.3. The summed E-state index contributed by atoms with van der Waals surface area (Å²) >= 11 is 0. The zero-order valence-corrected chi connectivity index (χ0v) is 40.6. The molecule has 2 nitrogen and oxygen atoms in total. The number of hydrogen-bond acceptors (Lipinski definition) is 1. The van der Waals surface area contributed by atoms with Gasteiger partial charge >= 0.3 is 0 Å². The molecule has 0 N–H and O–H groups in total. The van der Waals surface area contributed by atoms with Crippen LogP contribution in [-0.2, 0) is 0 Å². The van der Waals surface area contributed by atoms with Gasteiger partial charge in [0.05, 0.1) is 22.7 Å². The Hall–Kier alpha value is -10.1. The number of hydrogen-bond donors (Lipinski definition) is 0. The molecule has 0 bridgehead atoms. The minimum Gasteiger partial charge on any atom is -0.309 e. The molecular formula is C73H42N2. The Kier molecular flexibility index (Phi) is 8.84. The molecule has 0 spiro atoms. The minimum absolute atomic E-state index is 0.655. The van der Waals surface area contributed by atoms with Crippen molar-refractivity contribution in [1.29, 1.82) is 5.26 Å². The Morgan fingerprint density at radius 1 is 0.253 bits per heavy atom. The molecule has 75 heavy (non-hydrogen) atoms. The summed E-state index contributed by atoms with van der Waals surface area (Å²) in [6.45, 7) is 0. The third-order valence-electron chi connectivity index (χ3n) is 16.3. The van der Waals surface area contributed by atoms with Crippen molar-refractivity contribution in [2.45, 2.75) is 0 Å². The predicted octanol–water partition coefficient (Wildman–Crippen LogP) is 20.0. The molecule has 0 radical (unpaired) electrons. The highest BCUT2D eigenvalue weighted by Gasteiger charge is 2.25. The van der Waals surface area contributed by atoms with Crippen molar-refractivity contribution in [1.82, 2.24) is 4.57 Å². The van der Waals surface area contributed by atoms with Gasteiger partial charge < -0.3 is 4.57 Å². The molecule has 15 aromatic carbocycles. The van der Waals surface area contributed by atoms with Gasteiger partial charge in [-0.2, -0.15) is 5.26 Å². The third-order valence-corrected chi connectivity index (χ3v) is 16.3. The van der Waals surface area contributed by atoms with Gasteiger partial charge in [0.15, 0.2) is 0 Å². The van der Waals surface area contributed by atoms with E-state index in [1.807, 2.05) is 12.1 Å². The first-order chi connectivity index (χ1) is 37.2. The molecular weight excluding hydrogens is 905 g/mol. The highest BCUT2D eigenvalue weighted by molar-refractivity contribution is 6.36. The summed E-state index contributed by atoms with van der Waals surface area (Å²) in [6, 6.07) is 96.2. The molecule has 0 amide bonds. The van der Waals surface area contributed by atoms with Crippen LogP contribution < -0.4 is 0 Å². The fourth-order valence-corrected chi connectivity index (χ4v) is 13.3. The summed E-state index contributed by atoms with van der Waals surface area (Å²) < 4.78 is 2.51. The van der Waals surface area contributed by atoms with E-state index < -0.39 is 0 Å². The second kappa shape index (κ2) is 16.0. The molecule has 16 rings (SSSR count). The number of nitrogens with zero attached hydrogens (tertiary/aromatic N) is 2. The molecule has 0 saturated heterocycles. The molecule has 0 aliphatic heterocycles. The zero-order chi connectivity index (χ0) is 49.3. The first-order valence-electron chi connectivity index (χ1n) is 25.8. The highest BCUT2D eigenvalue weighted by atomic mass is 15.0. The average molecular weight is 947 g/mol. The largest absolute Gasteiger partial charge is 0.309 e. The van der Waals surface area contributed by atoms with Gasteiger partial charge in [0.25, 0.3) is 0 Å². The molecule has 16 aromatic rings. The van der Waals surface area contributed by atoms with Crippen LogP contribution >= 0.6 is 0 Å². The quantitative estimate of drug-likeness (QED) is 0.128. The topological polar surface area (TPSA) is 28.7 Å². The number of fused-ring (bicyclic) bond motifs is 18. The number of benzene rings is 15. The first kappa shape index (κ1) is 41.5. The molecule has 344 valence electrons. The standard InChI is InChI=1S/C73H42N2/c74-43-44-34-36-45(37-35-44)68-54-25-9-13-29-58(54)70(59-30-14-10-26-55(59)68)71-60-31-15-11-27-56(60)69(57-28-12-16-32-61(57)71)46-38-39-52-63(40-46)50-22-4-5-23-51(50)64-41-66-67(42-65(52)64)75(47-18-2-1-3-19-47)73-62-33-17-7-21-49(62)48-20-6-8-24-53(48)72(66)73/h1-42H. The van der Waals surface area contributed by atoms with E-state index in [2.05, 4.69) is 253 Å². The maximum Gasteiger partial charge on any atom is 0.0991 e. The second-order valence-corrected chi connectivity index (χ2v) is 20.1. The molecule has 0 unspecified atom stereocenters. The molecule has 2 heteroatoms. The van der Waals surface area contributed by atoms with Crippen LogP contribution in [0.3, 0.4) is 0 Å². The van der Waals surface area contributed by atoms with E-state index in [-0.39, 0.29) is 0 Å². The summed E-state index contributed by atoms with van der Waals surface area (Å²) in [5.74, 6) is 0. The Bertz CT molecular complexity index is 5060. The van der Waals surface area contributed by atoms with Crippen LogP contribution in [0.1, 0.15) is 5.56 Å². The summed E-state index contributed by atoms with van der Waals surface area (Å²) in [4.78, 5) is 0. The van der Waals surface area contributed by atoms with Gasteiger partial charge in [0.2, 0.25) is 0 Å². The van der Waals surface area contributed by atoms with E-state index in [4.69, 9.17) is 0 Å². The molecule has 1 heterocycles. The Morgan fingerprint density at radius 3 is 1.12 bits per heavy atom. The Balaban J connectivity index is 0.991. The predicted molar refractivity (Wildman–Crippen MR) is 319 cm³/mol. The van der Waals surface area contributed by atoms with Crippen molar-refractivity contribution in [2.75, 3.05) is 0 Å². The van der Waals surface area contributed by atoms with Crippen molar-refractivity contribution < 1.29 is 0 Å². The van der Waals surface area contributed by atoms with Gasteiger partial charge in [-0.1, -0.05) is 212 Å². The van der Waals surface area contributed by atoms with Crippen molar-refractivity contribution in [2.24, 2.45) is 0 Å². The van der Waals surface area contributed by atoms with Crippen LogP contribution in [0.15, 0.2) is 255 Å². The highest BCUT2D eigenvalue weighted by Crippen LogP contribution is 2.52. The number of para-hydroxylation sites is 1. The van der Waals surface area contributed by atoms with Crippen LogP contribution in [0.5, 0.6) is 0 Å². The van der Waals surface area contributed by atoms with Gasteiger partial charge in [0, 0.05) is 21.8 Å². The lowest BCUT2D eigenvalue weighted by Gasteiger charge is -2.22. The van der Waals surface area contributed by atoms with Gasteiger partial charge in [-0.05, 0) is 167 Å². The van der Waals surface area contributed by atoms with E-state index in [1.54, 1.807) is 0 Å². The normalized spacial score (nSPS) is 12.0. The van der Waals surface area contributed by atoms with Gasteiger partial charge in [-0.3, -0.25) is 0 Å². The second-order valence-electron chi connectivity index (χ2n) is 20.1. The van der Waals surface area contributed by atoms with Crippen LogP contribution in [0.25, 0.3) is 158 Å². The smallest absolute Gasteiger partial charge is 0.0991 e. The van der Waals surface area contributed by atoms with E-state index in [0.29, 0.717) is 5.56 Å².